The third-order valence-corrected chi connectivity index (χ3v) is 4.34. The summed E-state index contributed by atoms with van der Waals surface area (Å²) in [6.45, 7) is 0.0407. The van der Waals surface area contributed by atoms with E-state index in [0.29, 0.717) is 11.3 Å². The molecule has 0 aliphatic rings. The normalized spacial score (nSPS) is 11.8. The molecule has 2 rings (SSSR count). The van der Waals surface area contributed by atoms with Gasteiger partial charge in [0.05, 0.1) is 17.0 Å². The molecule has 6 nitrogen and oxygen atoms in total. The standard InChI is InChI=1S/C16H16F3N3O3S/c17-16(18,19)12-3-5-13(6-4-12)21-10-15(23)22-9-11-1-7-14(8-2-11)26(20,24)25/h1-8,21H,9-10H2,(H,22,23)(H2,20,24,25). The predicted octanol–water partition coefficient (Wildman–Crippen LogP) is 2.08. The van der Waals surface area contributed by atoms with Gasteiger partial charge in [-0.2, -0.15) is 13.2 Å². The minimum absolute atomic E-state index is 0.0310. The Morgan fingerprint density at radius 1 is 1.00 bits per heavy atom. The summed E-state index contributed by atoms with van der Waals surface area (Å²) >= 11 is 0. The van der Waals surface area contributed by atoms with E-state index in [4.69, 9.17) is 5.14 Å². The Bertz CT molecular complexity index is 864. The Balaban J connectivity index is 1.82. The second-order valence-corrected chi connectivity index (χ2v) is 6.96. The van der Waals surface area contributed by atoms with E-state index in [1.807, 2.05) is 0 Å². The third-order valence-electron chi connectivity index (χ3n) is 3.41. The van der Waals surface area contributed by atoms with Crippen LogP contribution in [0.3, 0.4) is 0 Å². The number of benzene rings is 2. The van der Waals surface area contributed by atoms with Gasteiger partial charge in [0.2, 0.25) is 15.9 Å². The van der Waals surface area contributed by atoms with Gasteiger partial charge in [-0.15, -0.1) is 0 Å². The smallest absolute Gasteiger partial charge is 0.376 e. The van der Waals surface area contributed by atoms with Crippen LogP contribution in [0.5, 0.6) is 0 Å². The molecule has 10 heteroatoms. The highest BCUT2D eigenvalue weighted by atomic mass is 32.2. The number of anilines is 1. The number of amides is 1. The second-order valence-electron chi connectivity index (χ2n) is 5.39. The fourth-order valence-electron chi connectivity index (χ4n) is 2.02. The van der Waals surface area contributed by atoms with Gasteiger partial charge in [-0.25, -0.2) is 13.6 Å². The number of halogens is 3. The predicted molar refractivity (Wildman–Crippen MR) is 89.6 cm³/mol. The molecule has 0 bridgehead atoms. The van der Waals surface area contributed by atoms with Gasteiger partial charge in [0.15, 0.2) is 0 Å². The highest BCUT2D eigenvalue weighted by Gasteiger charge is 2.29. The van der Waals surface area contributed by atoms with Crippen molar-refractivity contribution in [1.29, 1.82) is 0 Å². The molecular formula is C16H16F3N3O3S. The van der Waals surface area contributed by atoms with E-state index in [1.54, 1.807) is 0 Å². The van der Waals surface area contributed by atoms with Crippen molar-refractivity contribution in [1.82, 2.24) is 5.32 Å². The summed E-state index contributed by atoms with van der Waals surface area (Å²) < 4.78 is 59.7. The molecule has 0 aliphatic heterocycles. The van der Waals surface area contributed by atoms with Crippen LogP contribution in [-0.4, -0.2) is 20.9 Å². The maximum Gasteiger partial charge on any atom is 0.416 e. The molecule has 0 fully saturated rings. The Hall–Kier alpha value is -2.59. The van der Waals surface area contributed by atoms with Crippen LogP contribution >= 0.6 is 0 Å². The average molecular weight is 387 g/mol. The number of rotatable bonds is 6. The van der Waals surface area contributed by atoms with Gasteiger partial charge in [0.1, 0.15) is 0 Å². The first-order chi connectivity index (χ1) is 12.1. The molecule has 0 heterocycles. The van der Waals surface area contributed by atoms with Crippen molar-refractivity contribution in [3.63, 3.8) is 0 Å². The topological polar surface area (TPSA) is 101 Å². The van der Waals surface area contributed by atoms with E-state index in [-0.39, 0.29) is 23.9 Å². The number of carbonyl (C=O) groups is 1. The van der Waals surface area contributed by atoms with Crippen molar-refractivity contribution in [2.45, 2.75) is 17.6 Å². The Labute approximate surface area is 148 Å². The van der Waals surface area contributed by atoms with E-state index < -0.39 is 21.8 Å². The number of carbonyl (C=O) groups excluding carboxylic acids is 1. The number of hydrogen-bond donors (Lipinski definition) is 3. The molecule has 0 saturated heterocycles. The molecule has 2 aromatic carbocycles. The molecule has 0 spiro atoms. The van der Waals surface area contributed by atoms with Gasteiger partial charge in [0.25, 0.3) is 0 Å². The third kappa shape index (κ3) is 5.74. The van der Waals surface area contributed by atoms with Crippen LogP contribution in [0.4, 0.5) is 18.9 Å². The fraction of sp³-hybridized carbons (Fsp3) is 0.188. The molecule has 0 atom stereocenters. The van der Waals surface area contributed by atoms with Gasteiger partial charge >= 0.3 is 6.18 Å². The largest absolute Gasteiger partial charge is 0.416 e. The van der Waals surface area contributed by atoms with E-state index in [2.05, 4.69) is 10.6 Å². The number of sulfonamides is 1. The lowest BCUT2D eigenvalue weighted by Crippen LogP contribution is -2.29. The van der Waals surface area contributed by atoms with Crippen molar-refractivity contribution in [3.8, 4) is 0 Å². The maximum atomic E-state index is 12.5. The average Bonchev–Trinajstić information content (AvgIpc) is 2.57. The first-order valence-electron chi connectivity index (χ1n) is 7.35. The highest BCUT2D eigenvalue weighted by Crippen LogP contribution is 2.29. The summed E-state index contributed by atoms with van der Waals surface area (Å²) in [5, 5.41) is 10.3. The van der Waals surface area contributed by atoms with Gasteiger partial charge in [-0.3, -0.25) is 4.79 Å². The van der Waals surface area contributed by atoms with Crippen LogP contribution in [0.15, 0.2) is 53.4 Å². The zero-order valence-electron chi connectivity index (χ0n) is 13.4. The highest BCUT2D eigenvalue weighted by molar-refractivity contribution is 7.89. The summed E-state index contributed by atoms with van der Waals surface area (Å²) in [5.74, 6) is -0.375. The molecule has 0 unspecified atom stereocenters. The summed E-state index contributed by atoms with van der Waals surface area (Å²) in [5.41, 5.74) is 0.279. The summed E-state index contributed by atoms with van der Waals surface area (Å²) in [6.07, 6.45) is -4.41. The van der Waals surface area contributed by atoms with Crippen molar-refractivity contribution in [2.24, 2.45) is 5.14 Å². The second kappa shape index (κ2) is 7.75. The molecule has 0 saturated carbocycles. The minimum Gasteiger partial charge on any atom is -0.376 e. The summed E-state index contributed by atoms with van der Waals surface area (Å²) in [6, 6.07) is 10.0. The van der Waals surface area contributed by atoms with Crippen LogP contribution in [0.1, 0.15) is 11.1 Å². The summed E-state index contributed by atoms with van der Waals surface area (Å²) in [4.78, 5) is 11.7. The van der Waals surface area contributed by atoms with Crippen LogP contribution in [0.2, 0.25) is 0 Å². The van der Waals surface area contributed by atoms with Crippen LogP contribution in [0.25, 0.3) is 0 Å². The van der Waals surface area contributed by atoms with Crippen LogP contribution in [0, 0.1) is 0 Å². The van der Waals surface area contributed by atoms with E-state index in [0.717, 1.165) is 12.1 Å². The van der Waals surface area contributed by atoms with E-state index in [1.165, 1.54) is 36.4 Å². The molecule has 4 N–H and O–H groups in total. The quantitative estimate of drug-likeness (QED) is 0.706. The van der Waals surface area contributed by atoms with Crippen molar-refractivity contribution < 1.29 is 26.4 Å². The van der Waals surface area contributed by atoms with E-state index in [9.17, 15) is 26.4 Å². The Kier molecular flexibility index (Phi) is 5.88. The zero-order chi connectivity index (χ0) is 19.4. The summed E-state index contributed by atoms with van der Waals surface area (Å²) in [7, 11) is -3.77. The molecule has 2 aromatic rings. The molecule has 1 amide bonds. The van der Waals surface area contributed by atoms with E-state index >= 15 is 0 Å². The van der Waals surface area contributed by atoms with Gasteiger partial charge in [0, 0.05) is 12.2 Å². The first kappa shape index (κ1) is 19.7. The Morgan fingerprint density at radius 3 is 2.08 bits per heavy atom. The van der Waals surface area contributed by atoms with Crippen molar-refractivity contribution >= 4 is 21.6 Å². The number of nitrogens with one attached hydrogen (secondary N) is 2. The number of hydrogen-bond acceptors (Lipinski definition) is 4. The SMILES string of the molecule is NS(=O)(=O)c1ccc(CNC(=O)CNc2ccc(C(F)(F)F)cc2)cc1. The monoisotopic (exact) mass is 387 g/mol. The number of nitrogens with two attached hydrogens (primary N) is 1. The molecule has 0 radical (unpaired) electrons. The molecule has 0 aromatic heterocycles. The number of alkyl halides is 3. The minimum atomic E-state index is -4.41. The molecule has 140 valence electrons. The lowest BCUT2D eigenvalue weighted by molar-refractivity contribution is -0.137. The van der Waals surface area contributed by atoms with Crippen molar-refractivity contribution in [2.75, 3.05) is 11.9 Å². The van der Waals surface area contributed by atoms with Crippen LogP contribution < -0.4 is 15.8 Å². The maximum absolute atomic E-state index is 12.5. The van der Waals surface area contributed by atoms with Crippen LogP contribution in [-0.2, 0) is 27.5 Å². The lowest BCUT2D eigenvalue weighted by Gasteiger charge is -2.10. The Morgan fingerprint density at radius 2 is 1.58 bits per heavy atom. The molecule has 0 aliphatic carbocycles. The molecule has 26 heavy (non-hydrogen) atoms. The fourth-order valence-corrected chi connectivity index (χ4v) is 2.53. The van der Waals surface area contributed by atoms with Crippen molar-refractivity contribution in [3.05, 3.63) is 59.7 Å². The first-order valence-corrected chi connectivity index (χ1v) is 8.90. The number of primary sulfonamides is 1. The van der Waals surface area contributed by atoms with Gasteiger partial charge in [-0.05, 0) is 42.0 Å². The molecular weight excluding hydrogens is 371 g/mol. The lowest BCUT2D eigenvalue weighted by atomic mass is 10.2. The zero-order valence-corrected chi connectivity index (χ0v) is 14.2. The van der Waals surface area contributed by atoms with Gasteiger partial charge < -0.3 is 10.6 Å². The van der Waals surface area contributed by atoms with Gasteiger partial charge in [-0.1, -0.05) is 12.1 Å².